The SMILES string of the molecule is Nc1nc(C(=O)N2C(CNC(=O)c3cccc4ncccc34)CC3C[C@@H]32)c(-c2cccc(F)c2)s1. The standard InChI is InChI=1S/C26H22FN5O2S/c27-16-5-1-4-14(10-16)23-22(31-26(28)35-23)25(34)32-17(11-15-12-21(15)32)13-30-24(33)19-6-2-8-20-18(19)7-3-9-29-20/h1-10,15,17,21H,11-13H2,(H2,28,31)(H,30,33)/t15?,17?,21-/m0/s1. The monoisotopic (exact) mass is 487 g/mol. The molecule has 7 nitrogen and oxygen atoms in total. The summed E-state index contributed by atoms with van der Waals surface area (Å²) in [5, 5.41) is 4.06. The van der Waals surface area contributed by atoms with Gasteiger partial charge >= 0.3 is 0 Å². The minimum absolute atomic E-state index is 0.134. The molecule has 3 heterocycles. The molecule has 1 aliphatic carbocycles. The first-order valence-electron chi connectivity index (χ1n) is 11.5. The molecule has 2 fully saturated rings. The van der Waals surface area contributed by atoms with Crippen LogP contribution in [0.5, 0.6) is 0 Å². The molecule has 176 valence electrons. The molecule has 2 aromatic heterocycles. The number of nitrogen functional groups attached to an aromatic ring is 1. The number of halogens is 1. The molecule has 2 aliphatic rings. The average molecular weight is 488 g/mol. The van der Waals surface area contributed by atoms with E-state index in [4.69, 9.17) is 5.73 Å². The van der Waals surface area contributed by atoms with Crippen LogP contribution in [0.1, 0.15) is 33.7 Å². The zero-order valence-corrected chi connectivity index (χ0v) is 19.5. The Morgan fingerprint density at radius 2 is 2.00 bits per heavy atom. The predicted octanol–water partition coefficient (Wildman–Crippen LogP) is 4.11. The third kappa shape index (κ3) is 3.91. The van der Waals surface area contributed by atoms with E-state index in [2.05, 4.69) is 15.3 Å². The molecule has 35 heavy (non-hydrogen) atoms. The summed E-state index contributed by atoms with van der Waals surface area (Å²) in [6.45, 7) is 0.336. The van der Waals surface area contributed by atoms with E-state index >= 15 is 0 Å². The highest BCUT2D eigenvalue weighted by Gasteiger charge is 2.54. The first kappa shape index (κ1) is 21.7. The quantitative estimate of drug-likeness (QED) is 0.441. The van der Waals surface area contributed by atoms with Gasteiger partial charge in [0.2, 0.25) is 0 Å². The van der Waals surface area contributed by atoms with Crippen LogP contribution in [0.25, 0.3) is 21.3 Å². The number of piperidine rings is 1. The van der Waals surface area contributed by atoms with Crippen molar-refractivity contribution in [2.24, 2.45) is 5.92 Å². The number of anilines is 1. The highest BCUT2D eigenvalue weighted by molar-refractivity contribution is 7.19. The van der Waals surface area contributed by atoms with Gasteiger partial charge in [-0.3, -0.25) is 14.6 Å². The molecular weight excluding hydrogens is 465 g/mol. The van der Waals surface area contributed by atoms with E-state index in [9.17, 15) is 14.0 Å². The maximum atomic E-state index is 13.9. The summed E-state index contributed by atoms with van der Waals surface area (Å²) in [4.78, 5) is 37.7. The predicted molar refractivity (Wildman–Crippen MR) is 132 cm³/mol. The molecule has 1 saturated heterocycles. The molecule has 0 radical (unpaired) electrons. The summed E-state index contributed by atoms with van der Waals surface area (Å²) in [5.74, 6) is -0.387. The lowest BCUT2D eigenvalue weighted by Crippen LogP contribution is -2.45. The van der Waals surface area contributed by atoms with E-state index in [1.807, 2.05) is 23.1 Å². The number of benzene rings is 2. The number of pyridine rings is 1. The highest BCUT2D eigenvalue weighted by Crippen LogP contribution is 2.49. The molecule has 2 aromatic carbocycles. The summed E-state index contributed by atoms with van der Waals surface area (Å²) in [6, 6.07) is 15.2. The number of nitrogens with zero attached hydrogens (tertiary/aromatic N) is 3. The zero-order valence-electron chi connectivity index (χ0n) is 18.6. The number of carbonyl (C=O) groups is 2. The molecular formula is C26H22FN5O2S. The first-order chi connectivity index (χ1) is 17.0. The average Bonchev–Trinajstić information content (AvgIpc) is 3.35. The summed E-state index contributed by atoms with van der Waals surface area (Å²) in [5.41, 5.74) is 8.08. The minimum Gasteiger partial charge on any atom is -0.375 e. The van der Waals surface area contributed by atoms with Gasteiger partial charge < -0.3 is 16.0 Å². The van der Waals surface area contributed by atoms with E-state index in [-0.39, 0.29) is 40.5 Å². The smallest absolute Gasteiger partial charge is 0.274 e. The van der Waals surface area contributed by atoms with Gasteiger partial charge in [-0.2, -0.15) is 0 Å². The van der Waals surface area contributed by atoms with Crippen LogP contribution >= 0.6 is 11.3 Å². The number of carbonyl (C=O) groups excluding carboxylic acids is 2. The van der Waals surface area contributed by atoms with Gasteiger partial charge in [0.1, 0.15) is 11.5 Å². The Kier molecular flexibility index (Phi) is 5.21. The van der Waals surface area contributed by atoms with Gasteiger partial charge in [0, 0.05) is 29.7 Å². The second kappa shape index (κ2) is 8.42. The summed E-state index contributed by atoms with van der Waals surface area (Å²) in [7, 11) is 0. The number of amides is 2. The van der Waals surface area contributed by atoms with Crippen molar-refractivity contribution in [1.82, 2.24) is 20.2 Å². The lowest BCUT2D eigenvalue weighted by atomic mass is 10.1. The Morgan fingerprint density at radius 1 is 1.14 bits per heavy atom. The van der Waals surface area contributed by atoms with Gasteiger partial charge in [-0.05, 0) is 54.7 Å². The van der Waals surface area contributed by atoms with Gasteiger partial charge in [-0.25, -0.2) is 9.37 Å². The van der Waals surface area contributed by atoms with E-state index in [1.165, 1.54) is 23.5 Å². The Labute approximate surface area is 204 Å². The summed E-state index contributed by atoms with van der Waals surface area (Å²) >= 11 is 1.17. The van der Waals surface area contributed by atoms with Crippen LogP contribution in [0, 0.1) is 11.7 Å². The van der Waals surface area contributed by atoms with Crippen molar-refractivity contribution in [3.8, 4) is 10.4 Å². The van der Waals surface area contributed by atoms with Crippen molar-refractivity contribution in [2.45, 2.75) is 24.9 Å². The number of fused-ring (bicyclic) bond motifs is 2. The fraction of sp³-hybridized carbons (Fsp3) is 0.231. The van der Waals surface area contributed by atoms with E-state index in [0.29, 0.717) is 28.5 Å². The van der Waals surface area contributed by atoms with Crippen LogP contribution in [0.15, 0.2) is 60.8 Å². The number of rotatable bonds is 5. The van der Waals surface area contributed by atoms with Gasteiger partial charge in [-0.1, -0.05) is 35.6 Å². The number of thiazole rings is 1. The second-order valence-electron chi connectivity index (χ2n) is 8.99. The van der Waals surface area contributed by atoms with Crippen LogP contribution in [0.4, 0.5) is 9.52 Å². The summed E-state index contributed by atoms with van der Waals surface area (Å²) in [6.07, 6.45) is 3.46. The van der Waals surface area contributed by atoms with Crippen molar-refractivity contribution >= 4 is 39.2 Å². The molecule has 6 rings (SSSR count). The Balaban J connectivity index is 1.23. The van der Waals surface area contributed by atoms with Gasteiger partial charge in [0.15, 0.2) is 5.13 Å². The number of hydrogen-bond donors (Lipinski definition) is 2. The molecule has 3 atom stereocenters. The highest BCUT2D eigenvalue weighted by atomic mass is 32.1. The van der Waals surface area contributed by atoms with Crippen LogP contribution in [-0.2, 0) is 0 Å². The topological polar surface area (TPSA) is 101 Å². The third-order valence-corrected chi connectivity index (χ3v) is 7.70. The maximum absolute atomic E-state index is 13.9. The van der Waals surface area contributed by atoms with Crippen LogP contribution in [0.3, 0.4) is 0 Å². The van der Waals surface area contributed by atoms with Crippen molar-refractivity contribution in [3.63, 3.8) is 0 Å². The van der Waals surface area contributed by atoms with Gasteiger partial charge in [0.25, 0.3) is 11.8 Å². The largest absolute Gasteiger partial charge is 0.375 e. The van der Waals surface area contributed by atoms with Gasteiger partial charge in [-0.15, -0.1) is 0 Å². The number of likely N-dealkylation sites (tertiary alicyclic amines) is 1. The minimum atomic E-state index is -0.388. The molecule has 3 N–H and O–H groups in total. The fourth-order valence-corrected chi connectivity index (χ4v) is 5.91. The number of aromatic nitrogens is 2. The Morgan fingerprint density at radius 3 is 2.86 bits per heavy atom. The van der Waals surface area contributed by atoms with Crippen molar-refractivity contribution in [3.05, 3.63) is 77.9 Å². The van der Waals surface area contributed by atoms with E-state index < -0.39 is 0 Å². The number of hydrogen-bond acceptors (Lipinski definition) is 6. The molecule has 0 spiro atoms. The van der Waals surface area contributed by atoms with E-state index in [1.54, 1.807) is 30.5 Å². The van der Waals surface area contributed by atoms with Crippen molar-refractivity contribution < 1.29 is 14.0 Å². The Hall–Kier alpha value is -3.85. The van der Waals surface area contributed by atoms with Crippen LogP contribution in [-0.4, -0.2) is 45.3 Å². The lowest BCUT2D eigenvalue weighted by Gasteiger charge is -2.27. The molecule has 1 saturated carbocycles. The van der Waals surface area contributed by atoms with Crippen molar-refractivity contribution in [2.75, 3.05) is 12.3 Å². The molecule has 2 amide bonds. The van der Waals surface area contributed by atoms with E-state index in [0.717, 1.165) is 23.7 Å². The molecule has 4 aromatic rings. The molecule has 9 heteroatoms. The number of nitrogens with two attached hydrogens (primary N) is 1. The molecule has 1 aliphatic heterocycles. The number of nitrogens with one attached hydrogen (secondary N) is 1. The molecule has 2 unspecified atom stereocenters. The lowest BCUT2D eigenvalue weighted by molar-refractivity contribution is 0.0685. The van der Waals surface area contributed by atoms with Crippen LogP contribution < -0.4 is 11.1 Å². The third-order valence-electron chi connectivity index (χ3n) is 6.77. The molecule has 0 bridgehead atoms. The zero-order chi connectivity index (χ0) is 24.1. The van der Waals surface area contributed by atoms with Gasteiger partial charge in [0.05, 0.1) is 16.4 Å². The summed E-state index contributed by atoms with van der Waals surface area (Å²) < 4.78 is 13.9. The normalized spacial score (nSPS) is 20.6. The second-order valence-corrected chi connectivity index (χ2v) is 10.0. The fourth-order valence-electron chi connectivity index (χ4n) is 5.09. The van der Waals surface area contributed by atoms with Crippen molar-refractivity contribution in [1.29, 1.82) is 0 Å². The van der Waals surface area contributed by atoms with Crippen LogP contribution in [0.2, 0.25) is 0 Å². The first-order valence-corrected chi connectivity index (χ1v) is 12.3. The maximum Gasteiger partial charge on any atom is 0.274 e. The Bertz CT molecular complexity index is 1470.